The predicted molar refractivity (Wildman–Crippen MR) is 125 cm³/mol. The molecule has 0 aliphatic rings. The van der Waals surface area contributed by atoms with Crippen molar-refractivity contribution in [1.82, 2.24) is 10.7 Å². The fourth-order valence-corrected chi connectivity index (χ4v) is 3.01. The normalized spacial score (nSPS) is 10.6. The van der Waals surface area contributed by atoms with Crippen LogP contribution in [0.5, 0.6) is 5.75 Å². The second-order valence-electron chi connectivity index (χ2n) is 6.45. The molecule has 0 spiro atoms. The van der Waals surface area contributed by atoms with Crippen LogP contribution in [-0.2, 0) is 4.79 Å². The highest BCUT2D eigenvalue weighted by Crippen LogP contribution is 2.15. The first kappa shape index (κ1) is 23.2. The highest BCUT2D eigenvalue weighted by molar-refractivity contribution is 9.10. The summed E-state index contributed by atoms with van der Waals surface area (Å²) in [5.74, 6) is -0.978. The fraction of sp³-hybridized carbons (Fsp3) is 0.0435. The maximum atomic E-state index is 12.1. The van der Waals surface area contributed by atoms with Crippen LogP contribution in [0, 0.1) is 0 Å². The van der Waals surface area contributed by atoms with E-state index >= 15 is 0 Å². The number of nitrogens with one attached hydrogen (secondary N) is 2. The van der Waals surface area contributed by atoms with Crippen LogP contribution in [0.25, 0.3) is 0 Å². The van der Waals surface area contributed by atoms with Gasteiger partial charge in [-0.25, -0.2) is 10.2 Å². The van der Waals surface area contributed by atoms with Gasteiger partial charge in [-0.15, -0.1) is 0 Å². The molecule has 32 heavy (non-hydrogen) atoms. The Balaban J connectivity index is 1.45. The molecule has 0 fully saturated rings. The van der Waals surface area contributed by atoms with Crippen molar-refractivity contribution in [2.75, 3.05) is 6.54 Å². The van der Waals surface area contributed by atoms with Crippen LogP contribution in [0.1, 0.15) is 26.3 Å². The van der Waals surface area contributed by atoms with Crippen molar-refractivity contribution in [2.45, 2.75) is 0 Å². The molecular formula is C23H17BrClN3O4. The van der Waals surface area contributed by atoms with Crippen molar-refractivity contribution in [1.29, 1.82) is 0 Å². The van der Waals surface area contributed by atoms with E-state index in [-0.39, 0.29) is 12.5 Å². The number of esters is 1. The maximum absolute atomic E-state index is 12.1. The highest BCUT2D eigenvalue weighted by atomic mass is 79.9. The van der Waals surface area contributed by atoms with Gasteiger partial charge in [-0.2, -0.15) is 5.10 Å². The minimum atomic E-state index is -0.500. The molecule has 2 N–H and O–H groups in total. The van der Waals surface area contributed by atoms with E-state index in [1.54, 1.807) is 72.8 Å². The van der Waals surface area contributed by atoms with E-state index in [0.29, 0.717) is 27.5 Å². The van der Waals surface area contributed by atoms with E-state index in [9.17, 15) is 14.4 Å². The van der Waals surface area contributed by atoms with Gasteiger partial charge in [0.25, 0.3) is 11.8 Å². The Hall–Kier alpha value is -3.49. The SMILES string of the molecule is O=C(CNC(=O)c1cccc(Br)c1)N/N=C\c1ccc(OC(=O)c2ccc(Cl)cc2)cc1. The van der Waals surface area contributed by atoms with Crippen molar-refractivity contribution in [3.63, 3.8) is 0 Å². The lowest BCUT2D eigenvalue weighted by molar-refractivity contribution is -0.120. The smallest absolute Gasteiger partial charge is 0.343 e. The number of benzene rings is 3. The molecule has 0 aromatic heterocycles. The van der Waals surface area contributed by atoms with Gasteiger partial charge in [0.2, 0.25) is 0 Å². The summed E-state index contributed by atoms with van der Waals surface area (Å²) in [4.78, 5) is 36.0. The lowest BCUT2D eigenvalue weighted by atomic mass is 10.2. The summed E-state index contributed by atoms with van der Waals surface area (Å²) in [7, 11) is 0. The summed E-state index contributed by atoms with van der Waals surface area (Å²) in [6, 6.07) is 19.8. The molecule has 3 rings (SSSR count). The zero-order chi connectivity index (χ0) is 22.9. The van der Waals surface area contributed by atoms with Crippen LogP contribution < -0.4 is 15.5 Å². The third kappa shape index (κ3) is 7.04. The van der Waals surface area contributed by atoms with E-state index in [1.165, 1.54) is 6.21 Å². The minimum Gasteiger partial charge on any atom is -0.423 e. The van der Waals surface area contributed by atoms with Gasteiger partial charge in [0, 0.05) is 15.1 Å². The zero-order valence-electron chi connectivity index (χ0n) is 16.5. The zero-order valence-corrected chi connectivity index (χ0v) is 18.9. The third-order valence-electron chi connectivity index (χ3n) is 4.07. The summed E-state index contributed by atoms with van der Waals surface area (Å²) in [5, 5.41) is 6.90. The second-order valence-corrected chi connectivity index (χ2v) is 7.80. The first-order valence-electron chi connectivity index (χ1n) is 9.34. The number of carbonyl (C=O) groups is 3. The van der Waals surface area contributed by atoms with Gasteiger partial charge in [-0.3, -0.25) is 9.59 Å². The first-order valence-corrected chi connectivity index (χ1v) is 10.5. The van der Waals surface area contributed by atoms with Crippen LogP contribution in [-0.4, -0.2) is 30.5 Å². The van der Waals surface area contributed by atoms with Gasteiger partial charge in [-0.05, 0) is 72.3 Å². The molecule has 7 nitrogen and oxygen atoms in total. The van der Waals surface area contributed by atoms with Gasteiger partial charge >= 0.3 is 5.97 Å². The van der Waals surface area contributed by atoms with E-state index < -0.39 is 11.9 Å². The van der Waals surface area contributed by atoms with Gasteiger partial charge in [0.05, 0.1) is 18.3 Å². The minimum absolute atomic E-state index is 0.220. The summed E-state index contributed by atoms with van der Waals surface area (Å²) < 4.78 is 6.07. The molecule has 0 bridgehead atoms. The van der Waals surface area contributed by atoms with Gasteiger partial charge < -0.3 is 10.1 Å². The van der Waals surface area contributed by atoms with E-state index in [0.717, 1.165) is 4.47 Å². The average Bonchev–Trinajstić information content (AvgIpc) is 2.79. The molecule has 0 saturated heterocycles. The molecule has 0 saturated carbocycles. The van der Waals surface area contributed by atoms with Crippen molar-refractivity contribution < 1.29 is 19.1 Å². The Kier molecular flexibility index (Phi) is 8.13. The van der Waals surface area contributed by atoms with Crippen molar-refractivity contribution >= 4 is 51.5 Å². The van der Waals surface area contributed by atoms with Crippen LogP contribution in [0.3, 0.4) is 0 Å². The number of hydrogen-bond acceptors (Lipinski definition) is 5. The topological polar surface area (TPSA) is 96.9 Å². The first-order chi connectivity index (χ1) is 15.4. The number of carbonyl (C=O) groups excluding carboxylic acids is 3. The van der Waals surface area contributed by atoms with E-state index in [4.69, 9.17) is 16.3 Å². The second kappa shape index (κ2) is 11.2. The van der Waals surface area contributed by atoms with Crippen molar-refractivity contribution in [3.8, 4) is 5.75 Å². The molecule has 0 aliphatic heterocycles. The van der Waals surface area contributed by atoms with Crippen LogP contribution in [0.4, 0.5) is 0 Å². The Labute approximate surface area is 197 Å². The molecule has 0 heterocycles. The Morgan fingerprint density at radius 3 is 2.38 bits per heavy atom. The molecule has 0 aliphatic carbocycles. The Morgan fingerprint density at radius 1 is 0.969 bits per heavy atom. The molecule has 3 aromatic carbocycles. The number of ether oxygens (including phenoxy) is 1. The third-order valence-corrected chi connectivity index (χ3v) is 4.81. The average molecular weight is 515 g/mol. The molecule has 2 amide bonds. The number of rotatable bonds is 7. The van der Waals surface area contributed by atoms with Crippen LogP contribution in [0.2, 0.25) is 5.02 Å². The van der Waals surface area contributed by atoms with Crippen LogP contribution >= 0.6 is 27.5 Å². The van der Waals surface area contributed by atoms with E-state index in [1.807, 2.05) is 0 Å². The predicted octanol–water partition coefficient (Wildman–Crippen LogP) is 4.20. The summed E-state index contributed by atoms with van der Waals surface area (Å²) in [6.07, 6.45) is 1.43. The molecule has 9 heteroatoms. The monoisotopic (exact) mass is 513 g/mol. The molecular weight excluding hydrogens is 498 g/mol. The Bertz CT molecular complexity index is 1150. The highest BCUT2D eigenvalue weighted by Gasteiger charge is 2.09. The number of hydrazone groups is 1. The number of nitrogens with zero attached hydrogens (tertiary/aromatic N) is 1. The summed E-state index contributed by atoms with van der Waals surface area (Å²) in [6.45, 7) is -0.220. The number of amides is 2. The number of halogens is 2. The lowest BCUT2D eigenvalue weighted by Gasteiger charge is -2.05. The summed E-state index contributed by atoms with van der Waals surface area (Å²) in [5.41, 5.74) is 3.83. The molecule has 0 radical (unpaired) electrons. The lowest BCUT2D eigenvalue weighted by Crippen LogP contribution is -2.34. The Morgan fingerprint density at radius 2 is 1.69 bits per heavy atom. The molecule has 0 unspecified atom stereocenters. The largest absolute Gasteiger partial charge is 0.423 e. The molecule has 3 aromatic rings. The van der Waals surface area contributed by atoms with Crippen LogP contribution in [0.15, 0.2) is 82.4 Å². The van der Waals surface area contributed by atoms with Gasteiger partial charge in [0.1, 0.15) is 5.75 Å². The van der Waals surface area contributed by atoms with Crippen molar-refractivity contribution in [3.05, 3.63) is 99.0 Å². The standard InChI is InChI=1S/C23H17BrClN3O4/c24-18-3-1-2-17(12-18)22(30)26-14-21(29)28-27-13-15-4-10-20(11-5-15)32-23(31)16-6-8-19(25)9-7-16/h1-13H,14H2,(H,26,30)(H,28,29)/b27-13-. The van der Waals surface area contributed by atoms with E-state index in [2.05, 4.69) is 31.8 Å². The van der Waals surface area contributed by atoms with Crippen molar-refractivity contribution in [2.24, 2.45) is 5.10 Å². The summed E-state index contributed by atoms with van der Waals surface area (Å²) >= 11 is 9.09. The molecule has 162 valence electrons. The maximum Gasteiger partial charge on any atom is 0.343 e. The van der Waals surface area contributed by atoms with Gasteiger partial charge in [-0.1, -0.05) is 33.6 Å². The fourth-order valence-electron chi connectivity index (χ4n) is 2.48. The van der Waals surface area contributed by atoms with Gasteiger partial charge in [0.15, 0.2) is 0 Å². The number of hydrogen-bond donors (Lipinski definition) is 2. The molecule has 0 atom stereocenters. The quantitative estimate of drug-likeness (QED) is 0.214.